The third-order valence-corrected chi connectivity index (χ3v) is 3.31. The van der Waals surface area contributed by atoms with Gasteiger partial charge in [-0.15, -0.1) is 0 Å². The molecular formula is C16H28N2O. The summed E-state index contributed by atoms with van der Waals surface area (Å²) in [5.74, 6) is 0. The van der Waals surface area contributed by atoms with E-state index in [9.17, 15) is 0 Å². The Morgan fingerprint density at radius 1 is 1.16 bits per heavy atom. The van der Waals surface area contributed by atoms with Gasteiger partial charge in [0.1, 0.15) is 0 Å². The fourth-order valence-electron chi connectivity index (χ4n) is 2.09. The normalized spacial score (nSPS) is 11.2. The van der Waals surface area contributed by atoms with Crippen molar-refractivity contribution >= 4 is 0 Å². The highest BCUT2D eigenvalue weighted by molar-refractivity contribution is 5.27. The highest BCUT2D eigenvalue weighted by Gasteiger charge is 2.07. The number of methoxy groups -OCH3 is 1. The van der Waals surface area contributed by atoms with Crippen LogP contribution in [0.15, 0.2) is 24.3 Å². The van der Waals surface area contributed by atoms with Gasteiger partial charge >= 0.3 is 0 Å². The van der Waals surface area contributed by atoms with E-state index in [1.54, 1.807) is 7.11 Å². The molecule has 0 aliphatic heterocycles. The van der Waals surface area contributed by atoms with Crippen molar-refractivity contribution in [3.05, 3.63) is 35.4 Å². The monoisotopic (exact) mass is 264 g/mol. The average Bonchev–Trinajstić information content (AvgIpc) is 2.45. The van der Waals surface area contributed by atoms with E-state index in [1.165, 1.54) is 17.5 Å². The summed E-state index contributed by atoms with van der Waals surface area (Å²) in [5, 5.41) is 3.48. The summed E-state index contributed by atoms with van der Waals surface area (Å²) >= 11 is 0. The van der Waals surface area contributed by atoms with Crippen LogP contribution >= 0.6 is 0 Å². The van der Waals surface area contributed by atoms with Gasteiger partial charge < -0.3 is 10.1 Å². The average molecular weight is 264 g/mol. The lowest BCUT2D eigenvalue weighted by Gasteiger charge is -2.21. The number of ether oxygens (including phenoxy) is 1. The lowest BCUT2D eigenvalue weighted by atomic mass is 10.1. The molecule has 108 valence electrons. The van der Waals surface area contributed by atoms with E-state index in [2.05, 4.69) is 48.3 Å². The molecule has 3 heteroatoms. The van der Waals surface area contributed by atoms with Crippen LogP contribution < -0.4 is 5.32 Å². The van der Waals surface area contributed by atoms with E-state index in [-0.39, 0.29) is 0 Å². The van der Waals surface area contributed by atoms with Crippen LogP contribution in [0.1, 0.15) is 31.4 Å². The molecule has 0 spiro atoms. The summed E-state index contributed by atoms with van der Waals surface area (Å²) < 4.78 is 5.17. The molecule has 0 amide bonds. The fraction of sp³-hybridized carbons (Fsp3) is 0.625. The molecule has 0 unspecified atom stereocenters. The highest BCUT2D eigenvalue weighted by atomic mass is 16.5. The van der Waals surface area contributed by atoms with Crippen LogP contribution in [-0.2, 0) is 17.8 Å². The zero-order chi connectivity index (χ0) is 13.9. The fourth-order valence-corrected chi connectivity index (χ4v) is 2.09. The van der Waals surface area contributed by atoms with E-state index in [1.807, 2.05) is 0 Å². The van der Waals surface area contributed by atoms with Crippen molar-refractivity contribution in [1.82, 2.24) is 10.2 Å². The van der Waals surface area contributed by atoms with Gasteiger partial charge in [-0.05, 0) is 30.6 Å². The number of likely N-dealkylation sites (N-methyl/N-ethyl adjacent to an activating group) is 1. The van der Waals surface area contributed by atoms with Crippen LogP contribution in [0.2, 0.25) is 0 Å². The molecule has 0 saturated carbocycles. The van der Waals surface area contributed by atoms with Gasteiger partial charge in [-0.2, -0.15) is 0 Å². The highest BCUT2D eigenvalue weighted by Crippen LogP contribution is 2.11. The van der Waals surface area contributed by atoms with Gasteiger partial charge in [-0.25, -0.2) is 0 Å². The smallest absolute Gasteiger partial charge is 0.0589 e. The Morgan fingerprint density at radius 2 is 1.89 bits per heavy atom. The summed E-state index contributed by atoms with van der Waals surface area (Å²) in [6, 6.07) is 8.71. The standard InChI is InChI=1S/C16H28N2O/c1-4-10-17-13-15-8-6-7-9-16(15)14-18(5-2)11-12-19-3/h6-9,17H,4-5,10-14H2,1-3H3. The maximum atomic E-state index is 5.17. The van der Waals surface area contributed by atoms with Crippen molar-refractivity contribution < 1.29 is 4.74 Å². The molecule has 3 nitrogen and oxygen atoms in total. The molecule has 1 rings (SSSR count). The summed E-state index contributed by atoms with van der Waals surface area (Å²) in [6.45, 7) is 10.3. The molecule has 0 heterocycles. The van der Waals surface area contributed by atoms with Crippen molar-refractivity contribution in [3.8, 4) is 0 Å². The molecule has 0 fully saturated rings. The van der Waals surface area contributed by atoms with Crippen LogP contribution in [0.3, 0.4) is 0 Å². The second-order valence-electron chi connectivity index (χ2n) is 4.81. The van der Waals surface area contributed by atoms with Crippen LogP contribution in [0.5, 0.6) is 0 Å². The van der Waals surface area contributed by atoms with Crippen LogP contribution in [-0.4, -0.2) is 38.3 Å². The Hall–Kier alpha value is -0.900. The van der Waals surface area contributed by atoms with Gasteiger partial charge in [-0.1, -0.05) is 38.1 Å². The van der Waals surface area contributed by atoms with Gasteiger partial charge in [0, 0.05) is 26.7 Å². The predicted octanol–water partition coefficient (Wildman–Crippen LogP) is 2.65. The minimum Gasteiger partial charge on any atom is -0.383 e. The van der Waals surface area contributed by atoms with E-state index in [0.29, 0.717) is 0 Å². The third-order valence-electron chi connectivity index (χ3n) is 3.31. The molecule has 1 aromatic rings. The molecule has 19 heavy (non-hydrogen) atoms. The van der Waals surface area contributed by atoms with E-state index in [4.69, 9.17) is 4.74 Å². The second kappa shape index (κ2) is 9.96. The number of benzene rings is 1. The van der Waals surface area contributed by atoms with Gasteiger partial charge in [0.05, 0.1) is 6.61 Å². The van der Waals surface area contributed by atoms with Crippen LogP contribution in [0, 0.1) is 0 Å². The largest absolute Gasteiger partial charge is 0.383 e. The van der Waals surface area contributed by atoms with E-state index in [0.717, 1.165) is 39.3 Å². The SMILES string of the molecule is CCCNCc1ccccc1CN(CC)CCOC. The lowest BCUT2D eigenvalue weighted by molar-refractivity contribution is 0.147. The minimum absolute atomic E-state index is 0.796. The summed E-state index contributed by atoms with van der Waals surface area (Å²) in [7, 11) is 1.76. The molecule has 0 atom stereocenters. The zero-order valence-corrected chi connectivity index (χ0v) is 12.6. The lowest BCUT2D eigenvalue weighted by Crippen LogP contribution is -2.27. The number of hydrogen-bond acceptors (Lipinski definition) is 3. The number of rotatable bonds is 10. The first kappa shape index (κ1) is 16.2. The zero-order valence-electron chi connectivity index (χ0n) is 12.6. The number of nitrogens with zero attached hydrogens (tertiary/aromatic N) is 1. The molecular weight excluding hydrogens is 236 g/mol. The topological polar surface area (TPSA) is 24.5 Å². The molecule has 1 N–H and O–H groups in total. The van der Waals surface area contributed by atoms with Crippen molar-refractivity contribution in [2.75, 3.05) is 33.4 Å². The second-order valence-corrected chi connectivity index (χ2v) is 4.81. The number of hydrogen-bond donors (Lipinski definition) is 1. The molecule has 0 aliphatic carbocycles. The third kappa shape index (κ3) is 6.19. The van der Waals surface area contributed by atoms with E-state index >= 15 is 0 Å². The van der Waals surface area contributed by atoms with Crippen LogP contribution in [0.25, 0.3) is 0 Å². The van der Waals surface area contributed by atoms with E-state index < -0.39 is 0 Å². The predicted molar refractivity (Wildman–Crippen MR) is 81.3 cm³/mol. The molecule has 0 aromatic heterocycles. The minimum atomic E-state index is 0.796. The molecule has 0 aliphatic rings. The first-order valence-electron chi connectivity index (χ1n) is 7.30. The van der Waals surface area contributed by atoms with Crippen molar-refractivity contribution in [2.24, 2.45) is 0 Å². The summed E-state index contributed by atoms with van der Waals surface area (Å²) in [6.07, 6.45) is 1.18. The number of nitrogens with one attached hydrogen (secondary N) is 1. The Kier molecular flexibility index (Phi) is 8.47. The first-order valence-corrected chi connectivity index (χ1v) is 7.30. The summed E-state index contributed by atoms with van der Waals surface area (Å²) in [4.78, 5) is 2.42. The van der Waals surface area contributed by atoms with Gasteiger partial charge in [-0.3, -0.25) is 4.90 Å². The Balaban J connectivity index is 2.59. The van der Waals surface area contributed by atoms with Crippen molar-refractivity contribution in [3.63, 3.8) is 0 Å². The molecule has 1 aromatic carbocycles. The van der Waals surface area contributed by atoms with Crippen molar-refractivity contribution in [1.29, 1.82) is 0 Å². The Morgan fingerprint density at radius 3 is 2.53 bits per heavy atom. The van der Waals surface area contributed by atoms with Crippen molar-refractivity contribution in [2.45, 2.75) is 33.4 Å². The van der Waals surface area contributed by atoms with Crippen LogP contribution in [0.4, 0.5) is 0 Å². The maximum Gasteiger partial charge on any atom is 0.0589 e. The van der Waals surface area contributed by atoms with Gasteiger partial charge in [0.2, 0.25) is 0 Å². The maximum absolute atomic E-state index is 5.17. The quantitative estimate of drug-likeness (QED) is 0.658. The molecule has 0 radical (unpaired) electrons. The summed E-state index contributed by atoms with van der Waals surface area (Å²) in [5.41, 5.74) is 2.83. The Labute approximate surface area is 118 Å². The van der Waals surface area contributed by atoms with Gasteiger partial charge in [0.15, 0.2) is 0 Å². The Bertz CT molecular complexity index is 341. The molecule has 0 saturated heterocycles. The first-order chi connectivity index (χ1) is 9.31. The molecule has 0 bridgehead atoms. The van der Waals surface area contributed by atoms with Gasteiger partial charge in [0.25, 0.3) is 0 Å².